The Balaban J connectivity index is 1.32. The van der Waals surface area contributed by atoms with Crippen molar-refractivity contribution in [2.24, 2.45) is 10.7 Å². The molecule has 189 valence electrons. The Morgan fingerprint density at radius 1 is 1.11 bits per heavy atom. The highest BCUT2D eigenvalue weighted by atomic mass is 19.4. The first-order valence-electron chi connectivity index (χ1n) is 12.2. The van der Waals surface area contributed by atoms with Gasteiger partial charge in [-0.3, -0.25) is 14.8 Å². The molecule has 0 spiro atoms. The number of nitrogens with two attached hydrogens (primary N) is 1. The van der Waals surface area contributed by atoms with Gasteiger partial charge in [0.1, 0.15) is 0 Å². The largest absolute Gasteiger partial charge is 0.416 e. The van der Waals surface area contributed by atoms with E-state index in [0.717, 1.165) is 59.9 Å². The molecule has 1 saturated heterocycles. The molecule has 0 bridgehead atoms. The van der Waals surface area contributed by atoms with Gasteiger partial charge < -0.3 is 16.0 Å². The van der Waals surface area contributed by atoms with Crippen molar-refractivity contribution in [2.45, 2.75) is 31.5 Å². The minimum Gasteiger partial charge on any atom is -0.348 e. The average molecular weight is 504 g/mol. The number of hydrogen-bond donors (Lipinski definition) is 2. The SMILES string of the molecule is N[C@H](CN=C1[B]C(c2ccc3cnccc3c2)=C(C(=O)N2CCCC2)N1)Cc1ccc(C(F)(F)F)cc1. The molecule has 10 heteroatoms. The van der Waals surface area contributed by atoms with Crippen LogP contribution in [0.3, 0.4) is 0 Å². The molecule has 1 radical (unpaired) electrons. The molecule has 0 saturated carbocycles. The summed E-state index contributed by atoms with van der Waals surface area (Å²) < 4.78 is 38.4. The normalized spacial score (nSPS) is 17.8. The Morgan fingerprint density at radius 2 is 1.86 bits per heavy atom. The van der Waals surface area contributed by atoms with E-state index in [1.165, 1.54) is 12.1 Å². The van der Waals surface area contributed by atoms with Crippen LogP contribution in [-0.2, 0) is 17.4 Å². The van der Waals surface area contributed by atoms with Crippen LogP contribution in [0.5, 0.6) is 0 Å². The van der Waals surface area contributed by atoms with Gasteiger partial charge in [0, 0.05) is 36.9 Å². The number of carbonyl (C=O) groups excluding carboxylic acids is 1. The maximum absolute atomic E-state index is 13.3. The number of rotatable bonds is 6. The molecule has 6 nitrogen and oxygen atoms in total. The molecule has 37 heavy (non-hydrogen) atoms. The number of amides is 1. The van der Waals surface area contributed by atoms with Crippen LogP contribution in [0, 0.1) is 0 Å². The summed E-state index contributed by atoms with van der Waals surface area (Å²) in [7, 11) is 1.86. The predicted octanol–water partition coefficient (Wildman–Crippen LogP) is 3.78. The number of aromatic nitrogens is 1. The highest BCUT2D eigenvalue weighted by molar-refractivity contribution is 6.92. The molecule has 1 aromatic heterocycles. The van der Waals surface area contributed by atoms with E-state index in [1.807, 2.05) is 36.4 Å². The molecule has 2 aliphatic heterocycles. The van der Waals surface area contributed by atoms with Gasteiger partial charge in [0.25, 0.3) is 5.91 Å². The topological polar surface area (TPSA) is 83.6 Å². The minimum atomic E-state index is -4.37. The van der Waals surface area contributed by atoms with Crippen LogP contribution in [0.4, 0.5) is 13.2 Å². The van der Waals surface area contributed by atoms with Gasteiger partial charge in [-0.1, -0.05) is 24.3 Å². The summed E-state index contributed by atoms with van der Waals surface area (Å²) in [5.41, 5.74) is 8.96. The number of alkyl halides is 3. The first-order chi connectivity index (χ1) is 17.8. The van der Waals surface area contributed by atoms with Crippen LogP contribution in [-0.4, -0.2) is 54.5 Å². The van der Waals surface area contributed by atoms with E-state index >= 15 is 0 Å². The van der Waals surface area contributed by atoms with Gasteiger partial charge in [-0.05, 0) is 65.5 Å². The lowest BCUT2D eigenvalue weighted by atomic mass is 9.67. The average Bonchev–Trinajstić information content (AvgIpc) is 3.57. The third-order valence-corrected chi connectivity index (χ3v) is 6.64. The molecule has 3 heterocycles. The van der Waals surface area contributed by atoms with Crippen molar-refractivity contribution in [3.63, 3.8) is 0 Å². The van der Waals surface area contributed by atoms with Crippen LogP contribution in [0.25, 0.3) is 16.2 Å². The zero-order chi connectivity index (χ0) is 26.0. The van der Waals surface area contributed by atoms with E-state index in [4.69, 9.17) is 5.73 Å². The fraction of sp³-hybridized carbons (Fsp3) is 0.296. The zero-order valence-electron chi connectivity index (χ0n) is 20.1. The molecular weight excluding hydrogens is 478 g/mol. The summed E-state index contributed by atoms with van der Waals surface area (Å²) in [6, 6.07) is 12.5. The van der Waals surface area contributed by atoms with Crippen molar-refractivity contribution in [1.29, 1.82) is 0 Å². The van der Waals surface area contributed by atoms with Crippen molar-refractivity contribution in [2.75, 3.05) is 19.6 Å². The number of carbonyl (C=O) groups is 1. The molecular formula is C27H26BF3N5O. The molecule has 1 amide bonds. The fourth-order valence-electron chi connectivity index (χ4n) is 4.66. The number of likely N-dealkylation sites (tertiary alicyclic amines) is 1. The van der Waals surface area contributed by atoms with E-state index in [0.29, 0.717) is 23.4 Å². The zero-order valence-corrected chi connectivity index (χ0v) is 20.1. The number of nitrogens with zero attached hydrogens (tertiary/aromatic N) is 3. The lowest BCUT2D eigenvalue weighted by Crippen LogP contribution is -2.35. The Morgan fingerprint density at radius 3 is 2.59 bits per heavy atom. The lowest BCUT2D eigenvalue weighted by molar-refractivity contribution is -0.137. The van der Waals surface area contributed by atoms with Crippen LogP contribution in [0.15, 0.2) is 71.6 Å². The van der Waals surface area contributed by atoms with Gasteiger partial charge in [0.2, 0.25) is 7.28 Å². The second kappa shape index (κ2) is 10.4. The molecule has 3 aromatic rings. The number of hydrogen-bond acceptors (Lipinski definition) is 4. The van der Waals surface area contributed by atoms with Crippen LogP contribution in [0.2, 0.25) is 0 Å². The van der Waals surface area contributed by atoms with Gasteiger partial charge in [-0.2, -0.15) is 13.2 Å². The van der Waals surface area contributed by atoms with Gasteiger partial charge in [0.05, 0.1) is 23.5 Å². The predicted molar refractivity (Wildman–Crippen MR) is 139 cm³/mol. The number of nitrogens with one attached hydrogen (secondary N) is 1. The first-order valence-corrected chi connectivity index (χ1v) is 12.2. The maximum atomic E-state index is 13.3. The number of aliphatic imine (C=N–C) groups is 1. The number of pyridine rings is 1. The molecule has 3 N–H and O–H groups in total. The number of benzene rings is 2. The van der Waals surface area contributed by atoms with E-state index in [1.54, 1.807) is 12.4 Å². The summed E-state index contributed by atoms with van der Waals surface area (Å²) in [5, 5.41) is 5.22. The quantitative estimate of drug-likeness (QED) is 0.501. The molecule has 0 aliphatic carbocycles. The van der Waals surface area contributed by atoms with Gasteiger partial charge >= 0.3 is 6.18 Å². The second-order valence-electron chi connectivity index (χ2n) is 9.38. The Labute approximate surface area is 213 Å². The van der Waals surface area contributed by atoms with Gasteiger partial charge in [0.15, 0.2) is 0 Å². The van der Waals surface area contributed by atoms with E-state index in [2.05, 4.69) is 15.3 Å². The number of amidine groups is 1. The van der Waals surface area contributed by atoms with E-state index < -0.39 is 17.8 Å². The van der Waals surface area contributed by atoms with Crippen molar-refractivity contribution in [3.05, 3.63) is 83.3 Å². The minimum absolute atomic E-state index is 0.0576. The number of halogens is 3. The molecule has 1 fully saturated rings. The summed E-state index contributed by atoms with van der Waals surface area (Å²) in [6.45, 7) is 1.71. The Bertz CT molecular complexity index is 1360. The first kappa shape index (κ1) is 25.0. The highest BCUT2D eigenvalue weighted by Gasteiger charge is 2.32. The summed E-state index contributed by atoms with van der Waals surface area (Å²) in [5.74, 6) is -0.0576. The summed E-state index contributed by atoms with van der Waals surface area (Å²) in [6.07, 6.45) is 1.52. The monoisotopic (exact) mass is 504 g/mol. The fourth-order valence-corrected chi connectivity index (χ4v) is 4.66. The summed E-state index contributed by atoms with van der Waals surface area (Å²) >= 11 is 0. The summed E-state index contributed by atoms with van der Waals surface area (Å²) in [4.78, 5) is 23.9. The van der Waals surface area contributed by atoms with Gasteiger partial charge in [-0.25, -0.2) is 0 Å². The molecule has 2 aliphatic rings. The lowest BCUT2D eigenvalue weighted by Gasteiger charge is -2.18. The standard InChI is InChI=1S/C27H26BF3N5O/c29-27(30,31)21-7-3-17(4-8-21)13-22(32)16-34-26-28-23(24(35-26)25(37)36-11-1-2-12-36)19-5-6-20-15-33-10-9-18(20)14-19/h3-10,14-15,22H,1-2,11-13,16,32H2,(H,34,35)/t22-/m0/s1. The molecule has 2 aromatic carbocycles. The Kier molecular flexibility index (Phi) is 7.01. The molecule has 5 rings (SSSR count). The van der Waals surface area contributed by atoms with Crippen LogP contribution < -0.4 is 11.1 Å². The van der Waals surface area contributed by atoms with Crippen LogP contribution in [0.1, 0.15) is 29.5 Å². The van der Waals surface area contributed by atoms with Gasteiger partial charge in [-0.15, -0.1) is 0 Å². The number of fused-ring (bicyclic) bond motifs is 1. The van der Waals surface area contributed by atoms with Crippen molar-refractivity contribution in [3.8, 4) is 0 Å². The second-order valence-corrected chi connectivity index (χ2v) is 9.38. The Hall–Kier alpha value is -3.66. The van der Waals surface area contributed by atoms with Crippen molar-refractivity contribution in [1.82, 2.24) is 15.2 Å². The van der Waals surface area contributed by atoms with E-state index in [9.17, 15) is 18.0 Å². The van der Waals surface area contributed by atoms with E-state index in [-0.39, 0.29) is 12.5 Å². The molecule has 1 atom stereocenters. The van der Waals surface area contributed by atoms with Crippen molar-refractivity contribution >= 4 is 35.2 Å². The maximum Gasteiger partial charge on any atom is 0.416 e. The molecule has 0 unspecified atom stereocenters. The smallest absolute Gasteiger partial charge is 0.348 e. The van der Waals surface area contributed by atoms with Crippen LogP contribution >= 0.6 is 0 Å². The highest BCUT2D eigenvalue weighted by Crippen LogP contribution is 2.29. The van der Waals surface area contributed by atoms with Crippen molar-refractivity contribution < 1.29 is 18.0 Å². The third-order valence-electron chi connectivity index (χ3n) is 6.64. The third kappa shape index (κ3) is 5.69.